The maximum atomic E-state index is 10.1. The van der Waals surface area contributed by atoms with Crippen molar-refractivity contribution in [1.82, 2.24) is 0 Å². The highest BCUT2D eigenvalue weighted by atomic mass is 16.5. The first-order valence-corrected chi connectivity index (χ1v) is 8.06. The van der Waals surface area contributed by atoms with E-state index in [1.165, 1.54) is 0 Å². The molecule has 1 fully saturated rings. The fourth-order valence-corrected chi connectivity index (χ4v) is 2.84. The highest BCUT2D eigenvalue weighted by Gasteiger charge is 2.37. The fourth-order valence-electron chi connectivity index (χ4n) is 2.84. The molecule has 0 spiro atoms. The fraction of sp³-hybridized carbons (Fsp3) is 0.368. The van der Waals surface area contributed by atoms with Crippen LogP contribution >= 0.6 is 0 Å². The Hall–Kier alpha value is -1.92. The molecule has 2 aromatic carbocycles. The lowest BCUT2D eigenvalue weighted by Crippen LogP contribution is -2.44. The van der Waals surface area contributed by atoms with Crippen LogP contribution in [0.5, 0.6) is 5.75 Å². The highest BCUT2D eigenvalue weighted by molar-refractivity contribution is 5.30. The molecule has 0 aliphatic carbocycles. The van der Waals surface area contributed by atoms with Gasteiger partial charge in [-0.1, -0.05) is 42.5 Å². The smallest absolute Gasteiger partial charge is 0.119 e. The second-order valence-corrected chi connectivity index (χ2v) is 6.00. The first kappa shape index (κ1) is 16.9. The standard InChI is InChI=1S/C19H22O5/c20-11-16-10-17(21)18(22)19(24-16)14-6-8-15(9-7-14)23-12-13-4-2-1-3-5-13/h1-9,16-22H,10-12H2. The van der Waals surface area contributed by atoms with Crippen molar-refractivity contribution in [2.24, 2.45) is 0 Å². The molecule has 1 saturated heterocycles. The Balaban J connectivity index is 1.65. The third kappa shape index (κ3) is 3.94. The van der Waals surface area contributed by atoms with Crippen LogP contribution in [0.1, 0.15) is 23.7 Å². The Labute approximate surface area is 141 Å². The third-order valence-corrected chi connectivity index (χ3v) is 4.21. The largest absolute Gasteiger partial charge is 0.489 e. The number of ether oxygens (including phenoxy) is 2. The zero-order valence-electron chi connectivity index (χ0n) is 13.3. The van der Waals surface area contributed by atoms with Crippen molar-refractivity contribution in [2.45, 2.75) is 37.4 Å². The van der Waals surface area contributed by atoms with Gasteiger partial charge in [0.15, 0.2) is 0 Å². The zero-order chi connectivity index (χ0) is 16.9. The topological polar surface area (TPSA) is 79.2 Å². The second kappa shape index (κ2) is 7.77. The van der Waals surface area contributed by atoms with Gasteiger partial charge in [0.25, 0.3) is 0 Å². The Morgan fingerprint density at radius 1 is 1.00 bits per heavy atom. The molecular weight excluding hydrogens is 308 g/mol. The molecule has 24 heavy (non-hydrogen) atoms. The van der Waals surface area contributed by atoms with Gasteiger partial charge in [0.2, 0.25) is 0 Å². The first-order chi connectivity index (χ1) is 11.7. The van der Waals surface area contributed by atoms with E-state index in [1.807, 2.05) is 42.5 Å². The van der Waals surface area contributed by atoms with Crippen molar-refractivity contribution >= 4 is 0 Å². The van der Waals surface area contributed by atoms with Gasteiger partial charge in [-0.25, -0.2) is 0 Å². The summed E-state index contributed by atoms with van der Waals surface area (Å²) in [6, 6.07) is 17.1. The van der Waals surface area contributed by atoms with Crippen molar-refractivity contribution < 1.29 is 24.8 Å². The average Bonchev–Trinajstić information content (AvgIpc) is 2.63. The summed E-state index contributed by atoms with van der Waals surface area (Å²) in [5, 5.41) is 29.3. The molecule has 3 N–H and O–H groups in total. The van der Waals surface area contributed by atoms with E-state index in [9.17, 15) is 15.3 Å². The van der Waals surface area contributed by atoms with E-state index in [4.69, 9.17) is 9.47 Å². The van der Waals surface area contributed by atoms with Crippen molar-refractivity contribution in [3.63, 3.8) is 0 Å². The summed E-state index contributed by atoms with van der Waals surface area (Å²) in [7, 11) is 0. The first-order valence-electron chi connectivity index (χ1n) is 8.06. The molecule has 1 aliphatic heterocycles. The minimum absolute atomic E-state index is 0.182. The van der Waals surface area contributed by atoms with E-state index in [-0.39, 0.29) is 13.0 Å². The summed E-state index contributed by atoms with van der Waals surface area (Å²) < 4.78 is 11.4. The number of aliphatic hydroxyl groups is 3. The Morgan fingerprint density at radius 2 is 1.71 bits per heavy atom. The lowest BCUT2D eigenvalue weighted by molar-refractivity contribution is -0.179. The molecule has 128 valence electrons. The van der Waals surface area contributed by atoms with E-state index in [2.05, 4.69) is 0 Å². The average molecular weight is 330 g/mol. The van der Waals surface area contributed by atoms with Gasteiger partial charge in [0.1, 0.15) is 24.6 Å². The van der Waals surface area contributed by atoms with Gasteiger partial charge >= 0.3 is 0 Å². The van der Waals surface area contributed by atoms with Crippen LogP contribution in [-0.2, 0) is 11.3 Å². The van der Waals surface area contributed by atoms with E-state index in [0.29, 0.717) is 12.4 Å². The zero-order valence-corrected chi connectivity index (χ0v) is 13.3. The SMILES string of the molecule is OCC1CC(O)C(O)C(c2ccc(OCc3ccccc3)cc2)O1. The molecule has 1 heterocycles. The predicted octanol–water partition coefficient (Wildman–Crippen LogP) is 1.81. The molecule has 1 aliphatic rings. The van der Waals surface area contributed by atoms with Crippen LogP contribution in [0.25, 0.3) is 0 Å². The number of aliphatic hydroxyl groups excluding tert-OH is 3. The molecular formula is C19H22O5. The molecule has 5 heteroatoms. The van der Waals surface area contributed by atoms with E-state index >= 15 is 0 Å². The summed E-state index contributed by atoms with van der Waals surface area (Å²) in [5.74, 6) is 0.715. The molecule has 5 nitrogen and oxygen atoms in total. The van der Waals surface area contributed by atoms with Crippen molar-refractivity contribution in [2.75, 3.05) is 6.61 Å². The van der Waals surface area contributed by atoms with Gasteiger partial charge in [-0.3, -0.25) is 0 Å². The van der Waals surface area contributed by atoms with Gasteiger partial charge in [-0.05, 0) is 23.3 Å². The predicted molar refractivity (Wildman–Crippen MR) is 88.5 cm³/mol. The number of hydrogen-bond donors (Lipinski definition) is 3. The molecule has 4 unspecified atom stereocenters. The molecule has 0 radical (unpaired) electrons. The van der Waals surface area contributed by atoms with E-state index in [1.54, 1.807) is 12.1 Å². The van der Waals surface area contributed by atoms with Crippen LogP contribution in [0.4, 0.5) is 0 Å². The third-order valence-electron chi connectivity index (χ3n) is 4.21. The van der Waals surface area contributed by atoms with Crippen LogP contribution in [0.2, 0.25) is 0 Å². The van der Waals surface area contributed by atoms with Gasteiger partial charge in [0, 0.05) is 6.42 Å². The Kier molecular flexibility index (Phi) is 5.48. The van der Waals surface area contributed by atoms with Crippen molar-refractivity contribution in [3.8, 4) is 5.75 Å². The van der Waals surface area contributed by atoms with Gasteiger partial charge in [0.05, 0.1) is 18.8 Å². The summed E-state index contributed by atoms with van der Waals surface area (Å²) in [5.41, 5.74) is 1.83. The Bertz CT molecular complexity index is 628. The Morgan fingerprint density at radius 3 is 2.38 bits per heavy atom. The maximum Gasteiger partial charge on any atom is 0.119 e. The minimum Gasteiger partial charge on any atom is -0.489 e. The van der Waals surface area contributed by atoms with Crippen LogP contribution in [0, 0.1) is 0 Å². The van der Waals surface area contributed by atoms with E-state index in [0.717, 1.165) is 11.1 Å². The summed E-state index contributed by atoms with van der Waals surface area (Å²) >= 11 is 0. The number of hydrogen-bond acceptors (Lipinski definition) is 5. The van der Waals surface area contributed by atoms with Crippen molar-refractivity contribution in [1.29, 1.82) is 0 Å². The molecule has 4 atom stereocenters. The number of benzene rings is 2. The van der Waals surface area contributed by atoms with Gasteiger partial charge in [-0.15, -0.1) is 0 Å². The lowest BCUT2D eigenvalue weighted by atomic mass is 9.93. The minimum atomic E-state index is -1.01. The summed E-state index contributed by atoms with van der Waals surface area (Å²) in [6.45, 7) is 0.298. The second-order valence-electron chi connectivity index (χ2n) is 6.00. The molecule has 3 rings (SSSR count). The van der Waals surface area contributed by atoms with Crippen LogP contribution in [0.15, 0.2) is 54.6 Å². The molecule has 2 aromatic rings. The molecule has 0 saturated carbocycles. The van der Waals surface area contributed by atoms with Gasteiger partial charge < -0.3 is 24.8 Å². The molecule has 0 bridgehead atoms. The van der Waals surface area contributed by atoms with E-state index < -0.39 is 24.4 Å². The van der Waals surface area contributed by atoms with Gasteiger partial charge in [-0.2, -0.15) is 0 Å². The summed E-state index contributed by atoms with van der Waals surface area (Å²) in [4.78, 5) is 0. The maximum absolute atomic E-state index is 10.1. The quantitative estimate of drug-likeness (QED) is 0.779. The van der Waals surface area contributed by atoms with Crippen LogP contribution in [-0.4, -0.2) is 40.2 Å². The molecule has 0 aromatic heterocycles. The monoisotopic (exact) mass is 330 g/mol. The molecule has 0 amide bonds. The van der Waals surface area contributed by atoms with Crippen molar-refractivity contribution in [3.05, 3.63) is 65.7 Å². The lowest BCUT2D eigenvalue weighted by Gasteiger charge is -2.36. The van der Waals surface area contributed by atoms with Crippen LogP contribution < -0.4 is 4.74 Å². The normalized spacial score (nSPS) is 27.0. The van der Waals surface area contributed by atoms with Crippen LogP contribution in [0.3, 0.4) is 0 Å². The highest BCUT2D eigenvalue weighted by Crippen LogP contribution is 2.32. The summed E-state index contributed by atoms with van der Waals surface area (Å²) in [6.07, 6.45) is -2.82. The number of rotatable bonds is 5.